The first-order valence-electron chi connectivity index (χ1n) is 11.0. The Morgan fingerprint density at radius 3 is 2.47 bits per heavy atom. The van der Waals surface area contributed by atoms with E-state index in [0.29, 0.717) is 30.8 Å². The molecule has 174 valence electrons. The molecule has 0 saturated heterocycles. The Hall–Kier alpha value is -2.54. The summed E-state index contributed by atoms with van der Waals surface area (Å²) in [6.07, 6.45) is 2.39. The normalized spacial score (nSPS) is 11.6. The second kappa shape index (κ2) is 13.8. The van der Waals surface area contributed by atoms with E-state index in [1.807, 2.05) is 31.2 Å². The fourth-order valence-corrected chi connectivity index (χ4v) is 4.20. The lowest BCUT2D eigenvalue weighted by Gasteiger charge is -2.30. The van der Waals surface area contributed by atoms with Gasteiger partial charge in [0.1, 0.15) is 17.6 Å². The third kappa shape index (κ3) is 7.86. The van der Waals surface area contributed by atoms with Crippen molar-refractivity contribution in [3.8, 4) is 5.75 Å². The van der Waals surface area contributed by atoms with E-state index >= 15 is 0 Å². The maximum Gasteiger partial charge on any atom is 0.242 e. The summed E-state index contributed by atoms with van der Waals surface area (Å²) in [4.78, 5) is 27.7. The first-order chi connectivity index (χ1) is 15.5. The molecule has 0 aromatic heterocycles. The van der Waals surface area contributed by atoms with Gasteiger partial charge in [-0.2, -0.15) is 0 Å². The van der Waals surface area contributed by atoms with Gasteiger partial charge in [-0.3, -0.25) is 9.59 Å². The van der Waals surface area contributed by atoms with Gasteiger partial charge in [-0.15, -0.1) is 11.8 Å². The molecule has 1 atom stereocenters. The summed E-state index contributed by atoms with van der Waals surface area (Å²) in [5.41, 5.74) is 1.48. The molecular weight excluding hydrogens is 427 g/mol. The summed E-state index contributed by atoms with van der Waals surface area (Å²) in [7, 11) is 1.60. The molecule has 2 amide bonds. The van der Waals surface area contributed by atoms with Gasteiger partial charge in [0.05, 0.1) is 12.9 Å². The topological polar surface area (TPSA) is 58.6 Å². The zero-order valence-electron chi connectivity index (χ0n) is 19.1. The second-order valence-electron chi connectivity index (χ2n) is 7.52. The van der Waals surface area contributed by atoms with Crippen LogP contribution in [-0.2, 0) is 21.9 Å². The first kappa shape index (κ1) is 25.7. The van der Waals surface area contributed by atoms with Crippen LogP contribution in [0.5, 0.6) is 5.75 Å². The van der Waals surface area contributed by atoms with Gasteiger partial charge in [-0.25, -0.2) is 4.39 Å². The smallest absolute Gasteiger partial charge is 0.242 e. The number of ether oxygens (including phenoxy) is 1. The SMILES string of the molecule is CCCCNC(=O)C(CC)N(Cc1ccc(OC)cc1)C(=O)CSCc1ccccc1F. The number of hydrogen-bond acceptors (Lipinski definition) is 4. The van der Waals surface area contributed by atoms with Crippen LogP contribution in [0.2, 0.25) is 0 Å². The quantitative estimate of drug-likeness (QED) is 0.437. The molecule has 0 aliphatic carbocycles. The van der Waals surface area contributed by atoms with Gasteiger partial charge >= 0.3 is 0 Å². The van der Waals surface area contributed by atoms with Gasteiger partial charge in [-0.1, -0.05) is 50.6 Å². The van der Waals surface area contributed by atoms with E-state index in [2.05, 4.69) is 12.2 Å². The van der Waals surface area contributed by atoms with Crippen molar-refractivity contribution in [3.05, 3.63) is 65.5 Å². The third-order valence-corrected chi connectivity index (χ3v) is 6.13. The highest BCUT2D eigenvalue weighted by Crippen LogP contribution is 2.20. The molecule has 32 heavy (non-hydrogen) atoms. The van der Waals surface area contributed by atoms with Crippen LogP contribution in [-0.4, -0.2) is 42.2 Å². The molecule has 7 heteroatoms. The van der Waals surface area contributed by atoms with Crippen molar-refractivity contribution in [1.82, 2.24) is 10.2 Å². The lowest BCUT2D eigenvalue weighted by Crippen LogP contribution is -2.49. The van der Waals surface area contributed by atoms with Crippen molar-refractivity contribution < 1.29 is 18.7 Å². The molecule has 1 N–H and O–H groups in total. The van der Waals surface area contributed by atoms with Crippen molar-refractivity contribution in [2.75, 3.05) is 19.4 Å². The molecule has 0 aliphatic heterocycles. The minimum absolute atomic E-state index is 0.137. The standard InChI is InChI=1S/C25H33FN2O3S/c1-4-6-15-27-25(30)23(5-2)28(16-19-11-13-21(31-3)14-12-19)24(29)18-32-17-20-9-7-8-10-22(20)26/h7-14,23H,4-6,15-18H2,1-3H3,(H,27,30). The van der Waals surface area contributed by atoms with Crippen molar-refractivity contribution in [1.29, 1.82) is 0 Å². The van der Waals surface area contributed by atoms with E-state index in [1.165, 1.54) is 17.8 Å². The van der Waals surface area contributed by atoms with Gasteiger partial charge in [0.2, 0.25) is 11.8 Å². The Balaban J connectivity index is 2.12. The van der Waals surface area contributed by atoms with Crippen LogP contribution in [0, 0.1) is 5.82 Å². The predicted molar refractivity (Wildman–Crippen MR) is 128 cm³/mol. The van der Waals surface area contributed by atoms with Gasteiger partial charge < -0.3 is 15.0 Å². The Bertz CT molecular complexity index is 861. The summed E-state index contributed by atoms with van der Waals surface area (Å²) in [5.74, 6) is 0.750. The van der Waals surface area contributed by atoms with Crippen LogP contribution in [0.15, 0.2) is 48.5 Å². The number of thioether (sulfide) groups is 1. The third-order valence-electron chi connectivity index (χ3n) is 5.17. The minimum atomic E-state index is -0.560. The Kier molecular flexibility index (Phi) is 11.1. The van der Waals surface area contributed by atoms with Crippen molar-refractivity contribution in [2.45, 2.75) is 51.4 Å². The summed E-state index contributed by atoms with van der Waals surface area (Å²) < 4.78 is 19.1. The van der Waals surface area contributed by atoms with E-state index in [0.717, 1.165) is 24.2 Å². The number of benzene rings is 2. The zero-order chi connectivity index (χ0) is 23.3. The number of rotatable bonds is 13. The number of methoxy groups -OCH3 is 1. The molecule has 0 aliphatic rings. The average Bonchev–Trinajstić information content (AvgIpc) is 2.80. The number of nitrogens with zero attached hydrogens (tertiary/aromatic N) is 1. The molecule has 0 saturated carbocycles. The fourth-order valence-electron chi connectivity index (χ4n) is 3.30. The van der Waals surface area contributed by atoms with E-state index in [1.54, 1.807) is 30.2 Å². The van der Waals surface area contributed by atoms with Crippen molar-refractivity contribution >= 4 is 23.6 Å². The number of carbonyl (C=O) groups is 2. The second-order valence-corrected chi connectivity index (χ2v) is 8.51. The fraction of sp³-hybridized carbons (Fsp3) is 0.440. The Morgan fingerprint density at radius 2 is 1.84 bits per heavy atom. The molecule has 0 fully saturated rings. The summed E-state index contributed by atoms with van der Waals surface area (Å²) in [6, 6.07) is 13.5. The van der Waals surface area contributed by atoms with Crippen LogP contribution in [0.4, 0.5) is 4.39 Å². The monoisotopic (exact) mass is 460 g/mol. The van der Waals surface area contributed by atoms with E-state index in [-0.39, 0.29) is 23.4 Å². The highest BCUT2D eigenvalue weighted by molar-refractivity contribution is 7.99. The average molecular weight is 461 g/mol. The minimum Gasteiger partial charge on any atom is -0.497 e. The van der Waals surface area contributed by atoms with Gasteiger partial charge in [0, 0.05) is 18.8 Å². The van der Waals surface area contributed by atoms with E-state index < -0.39 is 6.04 Å². The summed E-state index contributed by atoms with van der Waals surface area (Å²) in [6.45, 7) is 4.89. The molecule has 2 aromatic carbocycles. The number of halogens is 1. The molecule has 5 nitrogen and oxygen atoms in total. The highest BCUT2D eigenvalue weighted by atomic mass is 32.2. The van der Waals surface area contributed by atoms with Crippen LogP contribution < -0.4 is 10.1 Å². The number of amides is 2. The molecule has 2 rings (SSSR count). The highest BCUT2D eigenvalue weighted by Gasteiger charge is 2.28. The molecule has 1 unspecified atom stereocenters. The summed E-state index contributed by atoms with van der Waals surface area (Å²) in [5, 5.41) is 2.95. The van der Waals surface area contributed by atoms with Gasteiger partial charge in [0.25, 0.3) is 0 Å². The Morgan fingerprint density at radius 1 is 1.12 bits per heavy atom. The van der Waals surface area contributed by atoms with Crippen LogP contribution in [0.1, 0.15) is 44.2 Å². The van der Waals surface area contributed by atoms with E-state index in [4.69, 9.17) is 4.74 Å². The van der Waals surface area contributed by atoms with Gasteiger partial charge in [0.15, 0.2) is 0 Å². The molecule has 0 heterocycles. The zero-order valence-corrected chi connectivity index (χ0v) is 19.9. The maximum atomic E-state index is 13.9. The van der Waals surface area contributed by atoms with Crippen LogP contribution >= 0.6 is 11.8 Å². The maximum absolute atomic E-state index is 13.9. The van der Waals surface area contributed by atoms with Crippen molar-refractivity contribution in [3.63, 3.8) is 0 Å². The molecule has 0 spiro atoms. The van der Waals surface area contributed by atoms with Crippen LogP contribution in [0.25, 0.3) is 0 Å². The molecular formula is C25H33FN2O3S. The lowest BCUT2D eigenvalue weighted by atomic mass is 10.1. The number of nitrogens with one attached hydrogen (secondary N) is 1. The van der Waals surface area contributed by atoms with Crippen molar-refractivity contribution in [2.24, 2.45) is 0 Å². The number of hydrogen-bond donors (Lipinski definition) is 1. The van der Waals surface area contributed by atoms with Gasteiger partial charge in [-0.05, 0) is 42.2 Å². The largest absolute Gasteiger partial charge is 0.497 e. The lowest BCUT2D eigenvalue weighted by molar-refractivity contribution is -0.139. The molecule has 0 radical (unpaired) electrons. The first-order valence-corrected chi connectivity index (χ1v) is 12.2. The van der Waals surface area contributed by atoms with E-state index in [9.17, 15) is 14.0 Å². The number of carbonyl (C=O) groups excluding carboxylic acids is 2. The molecule has 0 bridgehead atoms. The molecule has 2 aromatic rings. The Labute approximate surface area is 194 Å². The predicted octanol–water partition coefficient (Wildman–Crippen LogP) is 4.79. The van der Waals surface area contributed by atoms with Crippen LogP contribution in [0.3, 0.4) is 0 Å². The summed E-state index contributed by atoms with van der Waals surface area (Å²) >= 11 is 1.35. The number of unbranched alkanes of at least 4 members (excludes halogenated alkanes) is 1.